The molecule has 13 nitrogen and oxygen atoms in total. The first-order valence-electron chi connectivity index (χ1n) is 16.4. The highest BCUT2D eigenvalue weighted by molar-refractivity contribution is 6.09. The third-order valence-electron chi connectivity index (χ3n) is 9.95. The number of hydrogen-bond donors (Lipinski definition) is 5. The van der Waals surface area contributed by atoms with Gasteiger partial charge in [0.25, 0.3) is 0 Å². The van der Waals surface area contributed by atoms with Crippen LogP contribution in [0.25, 0.3) is 11.6 Å². The molecule has 0 saturated heterocycles. The monoisotopic (exact) mass is 710 g/mol. The number of carbonyl (C=O) groups excluding carboxylic acids is 2. The minimum Gasteiger partial charge on any atom is -0.507 e. The maximum Gasteiger partial charge on any atom is 0.224 e. The zero-order valence-corrected chi connectivity index (χ0v) is 28.5. The molecular weight excluding hydrogens is 676 g/mol. The van der Waals surface area contributed by atoms with Crippen LogP contribution in [0.15, 0.2) is 65.7 Å². The fourth-order valence-corrected chi connectivity index (χ4v) is 7.53. The number of fused-ring (bicyclic) bond motifs is 10. The Labute approximate surface area is 296 Å². The van der Waals surface area contributed by atoms with Crippen molar-refractivity contribution in [1.82, 2.24) is 0 Å². The molecule has 3 aromatic rings. The highest BCUT2D eigenvalue weighted by Crippen LogP contribution is 2.53. The molecule has 0 bridgehead atoms. The second kappa shape index (κ2) is 11.5. The summed E-state index contributed by atoms with van der Waals surface area (Å²) in [7, 11) is 3.07. The normalized spacial score (nSPS) is 23.8. The number of aromatic hydroxyl groups is 3. The van der Waals surface area contributed by atoms with Crippen molar-refractivity contribution in [3.63, 3.8) is 0 Å². The SMILES string of the molecule is COc1cc2c(cc1OC)C1C(=O)c3c(O)cc4c(c3OC1CO2)C=CC(C)(C)O4.O=C1C=CC2=C3c4cc(O)c(O)cc4CC3(O)COC2=C1O. The van der Waals surface area contributed by atoms with Crippen molar-refractivity contribution < 1.29 is 63.5 Å². The van der Waals surface area contributed by atoms with E-state index in [-0.39, 0.29) is 54.0 Å². The number of Topliss-reactive ketones (excluding diaryl/α,β-unsaturated/α-hetero) is 1. The van der Waals surface area contributed by atoms with Crippen molar-refractivity contribution >= 4 is 23.2 Å². The van der Waals surface area contributed by atoms with Crippen LogP contribution >= 0.6 is 0 Å². The van der Waals surface area contributed by atoms with Crippen LogP contribution in [-0.4, -0.2) is 81.8 Å². The molecule has 4 aliphatic heterocycles. The number of benzene rings is 3. The van der Waals surface area contributed by atoms with Crippen LogP contribution in [0.4, 0.5) is 0 Å². The van der Waals surface area contributed by atoms with E-state index in [2.05, 4.69) is 0 Å². The van der Waals surface area contributed by atoms with Crippen LogP contribution in [0.3, 0.4) is 0 Å². The van der Waals surface area contributed by atoms with E-state index in [4.69, 9.17) is 28.4 Å². The summed E-state index contributed by atoms with van der Waals surface area (Å²) in [5, 5.41) is 50.8. The van der Waals surface area contributed by atoms with E-state index < -0.39 is 34.8 Å². The van der Waals surface area contributed by atoms with Crippen LogP contribution in [-0.2, 0) is 16.0 Å². The van der Waals surface area contributed by atoms with E-state index in [1.54, 1.807) is 19.2 Å². The molecule has 0 spiro atoms. The molecule has 3 unspecified atom stereocenters. The summed E-state index contributed by atoms with van der Waals surface area (Å²) >= 11 is 0. The number of ketones is 2. The van der Waals surface area contributed by atoms with Gasteiger partial charge >= 0.3 is 0 Å². The average molecular weight is 711 g/mol. The summed E-state index contributed by atoms with van der Waals surface area (Å²) in [6, 6.07) is 7.69. The molecule has 9 rings (SSSR count). The molecule has 2 aliphatic carbocycles. The van der Waals surface area contributed by atoms with E-state index >= 15 is 0 Å². The lowest BCUT2D eigenvalue weighted by molar-refractivity contribution is -0.114. The minimum absolute atomic E-state index is 0.0348. The Kier molecular flexibility index (Phi) is 7.30. The smallest absolute Gasteiger partial charge is 0.224 e. The van der Waals surface area contributed by atoms with Gasteiger partial charge in [0.15, 0.2) is 34.5 Å². The maximum absolute atomic E-state index is 13.6. The van der Waals surface area contributed by atoms with Crippen LogP contribution in [0.5, 0.6) is 46.0 Å². The van der Waals surface area contributed by atoms with Gasteiger partial charge in [-0.25, -0.2) is 0 Å². The number of methoxy groups -OCH3 is 2. The maximum atomic E-state index is 13.6. The molecule has 52 heavy (non-hydrogen) atoms. The van der Waals surface area contributed by atoms with Crippen molar-refractivity contribution in [3.05, 3.63) is 93.5 Å². The van der Waals surface area contributed by atoms with Crippen LogP contribution < -0.4 is 23.7 Å². The predicted molar refractivity (Wildman–Crippen MR) is 183 cm³/mol. The summed E-state index contributed by atoms with van der Waals surface area (Å²) < 4.78 is 34.2. The topological polar surface area (TPSA) is 191 Å². The number of allylic oxidation sites excluding steroid dienone is 2. The molecule has 4 heterocycles. The molecule has 0 saturated carbocycles. The molecule has 0 radical (unpaired) electrons. The number of ether oxygens (including phenoxy) is 6. The second-order valence-electron chi connectivity index (χ2n) is 13.8. The van der Waals surface area contributed by atoms with E-state index in [0.29, 0.717) is 62.1 Å². The zero-order valence-electron chi connectivity index (χ0n) is 28.5. The second-order valence-corrected chi connectivity index (χ2v) is 13.8. The number of phenolic OH excluding ortho intramolecular Hbond substituents is 3. The van der Waals surface area contributed by atoms with Gasteiger partial charge in [-0.2, -0.15) is 0 Å². The number of phenols is 3. The molecule has 6 aliphatic rings. The van der Waals surface area contributed by atoms with Crippen molar-refractivity contribution in [1.29, 1.82) is 0 Å². The Morgan fingerprint density at radius 2 is 1.58 bits per heavy atom. The van der Waals surface area contributed by atoms with E-state index in [1.165, 1.54) is 37.5 Å². The highest BCUT2D eigenvalue weighted by Gasteiger charge is 2.49. The molecule has 3 aromatic carbocycles. The fourth-order valence-electron chi connectivity index (χ4n) is 7.53. The van der Waals surface area contributed by atoms with Crippen LogP contribution in [0.1, 0.15) is 52.4 Å². The number of aliphatic hydroxyl groups excluding tert-OH is 1. The van der Waals surface area contributed by atoms with Crippen molar-refractivity contribution in [2.45, 2.75) is 43.5 Å². The third-order valence-corrected chi connectivity index (χ3v) is 9.95. The lowest BCUT2D eigenvalue weighted by Crippen LogP contribution is -2.43. The van der Waals surface area contributed by atoms with Crippen LogP contribution in [0, 0.1) is 0 Å². The largest absolute Gasteiger partial charge is 0.507 e. The van der Waals surface area contributed by atoms with Gasteiger partial charge in [-0.15, -0.1) is 0 Å². The quantitative estimate of drug-likeness (QED) is 0.229. The summed E-state index contributed by atoms with van der Waals surface area (Å²) in [4.78, 5) is 25.1. The summed E-state index contributed by atoms with van der Waals surface area (Å²) in [6.45, 7) is 3.90. The first-order chi connectivity index (χ1) is 24.7. The number of aliphatic hydroxyl groups is 2. The van der Waals surface area contributed by atoms with Gasteiger partial charge in [-0.3, -0.25) is 9.59 Å². The summed E-state index contributed by atoms with van der Waals surface area (Å²) in [5.41, 5.74) is 1.73. The van der Waals surface area contributed by atoms with Crippen molar-refractivity contribution in [2.75, 3.05) is 27.4 Å². The molecule has 0 amide bonds. The lowest BCUT2D eigenvalue weighted by Gasteiger charge is -2.39. The molecule has 0 aromatic heterocycles. The Morgan fingerprint density at radius 3 is 2.33 bits per heavy atom. The first kappa shape index (κ1) is 33.1. The van der Waals surface area contributed by atoms with Gasteiger partial charge in [0.05, 0.1) is 25.7 Å². The molecule has 0 fully saturated rings. The summed E-state index contributed by atoms with van der Waals surface area (Å²) in [6.07, 6.45) is 6.13. The zero-order chi connectivity index (χ0) is 36.9. The Balaban J connectivity index is 0.000000156. The summed E-state index contributed by atoms with van der Waals surface area (Å²) in [5.74, 6) is -0.242. The first-order valence-corrected chi connectivity index (χ1v) is 16.4. The van der Waals surface area contributed by atoms with Gasteiger partial charge in [0.1, 0.15) is 59.1 Å². The molecule has 5 N–H and O–H groups in total. The molecule has 3 atom stereocenters. The Hall–Kier alpha value is -6.08. The van der Waals surface area contributed by atoms with Crippen molar-refractivity contribution in [2.24, 2.45) is 0 Å². The highest BCUT2D eigenvalue weighted by atomic mass is 16.5. The fraction of sp³-hybridized carbons (Fsp3) is 0.282. The van der Waals surface area contributed by atoms with Crippen molar-refractivity contribution in [3.8, 4) is 46.0 Å². The van der Waals surface area contributed by atoms with E-state index in [9.17, 15) is 35.1 Å². The molecule has 13 heteroatoms. The Morgan fingerprint density at radius 1 is 0.846 bits per heavy atom. The minimum atomic E-state index is -1.33. The average Bonchev–Trinajstić information content (AvgIpc) is 3.39. The van der Waals surface area contributed by atoms with E-state index in [0.717, 1.165) is 0 Å². The lowest BCUT2D eigenvalue weighted by atomic mass is 9.80. The number of carbonyl (C=O) groups is 2. The molecular formula is C39H34O13. The number of rotatable bonds is 2. The van der Waals surface area contributed by atoms with Crippen LogP contribution in [0.2, 0.25) is 0 Å². The van der Waals surface area contributed by atoms with Gasteiger partial charge in [0, 0.05) is 35.3 Å². The van der Waals surface area contributed by atoms with Gasteiger partial charge < -0.3 is 54.0 Å². The van der Waals surface area contributed by atoms with E-state index in [1.807, 2.05) is 26.0 Å². The molecule has 268 valence electrons. The third kappa shape index (κ3) is 4.94. The Bertz CT molecular complexity index is 2240. The van der Waals surface area contributed by atoms with Gasteiger partial charge in [0.2, 0.25) is 11.5 Å². The van der Waals surface area contributed by atoms with Gasteiger partial charge in [-0.05, 0) is 67.5 Å². The van der Waals surface area contributed by atoms with Gasteiger partial charge in [-0.1, -0.05) is 0 Å². The standard InChI is InChI=1S/C23H22O7.C16H12O6/c1-23(2)6-5-11-15(30-23)8-13(24)20-21(25)19-12-7-16(26-3)17(27-4)9-14(12)28-10-18(19)29-22(11)20;17-10-2-1-8-13-9-4-12(19)11(18)3-7(9)5-16(13,21)6-22-15(8)14(10)20/h5-9,18-19,24H,10H2,1-4H3;1-4,18-21H,5-6H2. The predicted octanol–water partition coefficient (Wildman–Crippen LogP) is 4.79. The number of hydrogen-bond acceptors (Lipinski definition) is 13.